The van der Waals surface area contributed by atoms with Crippen molar-refractivity contribution in [2.45, 2.75) is 19.9 Å². The number of cyclic esters (lactones) is 1. The van der Waals surface area contributed by atoms with Crippen LogP contribution in [0.5, 0.6) is 0 Å². The summed E-state index contributed by atoms with van der Waals surface area (Å²) < 4.78 is 4.91. The molecule has 2 aromatic heterocycles. The average Bonchev–Trinajstić information content (AvgIpc) is 2.94. The van der Waals surface area contributed by atoms with Gasteiger partial charge < -0.3 is 10.1 Å². The summed E-state index contributed by atoms with van der Waals surface area (Å²) in [5.41, 5.74) is 1.00. The first-order valence-electron chi connectivity index (χ1n) is 6.96. The van der Waals surface area contributed by atoms with Gasteiger partial charge in [-0.3, -0.25) is 4.90 Å². The molecule has 1 N–H and O–H groups in total. The molecule has 1 amide bonds. The van der Waals surface area contributed by atoms with Crippen molar-refractivity contribution in [1.29, 1.82) is 0 Å². The molecule has 0 bridgehead atoms. The quantitative estimate of drug-likeness (QED) is 0.918. The highest BCUT2D eigenvalue weighted by atomic mass is 16.6. The molecule has 0 aliphatic carbocycles. The second kappa shape index (κ2) is 5.92. The molecule has 0 spiro atoms. The molecule has 2 aromatic rings. The Labute approximate surface area is 127 Å². The van der Waals surface area contributed by atoms with Crippen molar-refractivity contribution in [2.75, 3.05) is 23.4 Å². The summed E-state index contributed by atoms with van der Waals surface area (Å²) in [6.07, 6.45) is 4.73. The number of nitrogens with zero attached hydrogens (tertiary/aromatic N) is 5. The monoisotopic (exact) mass is 300 g/mol. The molecule has 3 heterocycles. The number of anilines is 2. The molecule has 0 unspecified atom stereocenters. The lowest BCUT2D eigenvalue weighted by Crippen LogP contribution is -2.25. The number of aromatic nitrogens is 4. The van der Waals surface area contributed by atoms with Crippen LogP contribution in [0.25, 0.3) is 0 Å². The summed E-state index contributed by atoms with van der Waals surface area (Å²) >= 11 is 0. The van der Waals surface area contributed by atoms with Gasteiger partial charge in [0.25, 0.3) is 0 Å². The van der Waals surface area contributed by atoms with E-state index in [0.29, 0.717) is 30.7 Å². The predicted octanol–water partition coefficient (Wildman–Crippen LogP) is 1.70. The maximum Gasteiger partial charge on any atom is 0.415 e. The van der Waals surface area contributed by atoms with Crippen LogP contribution in [0.15, 0.2) is 24.7 Å². The van der Waals surface area contributed by atoms with E-state index in [0.717, 1.165) is 5.56 Å². The minimum Gasteiger partial charge on any atom is -0.447 e. The van der Waals surface area contributed by atoms with Crippen molar-refractivity contribution in [2.24, 2.45) is 0 Å². The third-order valence-corrected chi connectivity index (χ3v) is 3.21. The Morgan fingerprint density at radius 1 is 1.32 bits per heavy atom. The topological polar surface area (TPSA) is 93.1 Å². The van der Waals surface area contributed by atoms with Crippen LogP contribution in [0, 0.1) is 6.92 Å². The van der Waals surface area contributed by atoms with Gasteiger partial charge >= 0.3 is 6.09 Å². The van der Waals surface area contributed by atoms with E-state index in [2.05, 4.69) is 25.3 Å². The Balaban J connectivity index is 1.75. The Bertz CT molecular complexity index is 675. The number of carbonyl (C=O) groups excluding carboxylic acids is 1. The molecule has 8 heteroatoms. The summed E-state index contributed by atoms with van der Waals surface area (Å²) in [6, 6.07) is 1.52. The van der Waals surface area contributed by atoms with E-state index in [1.54, 1.807) is 24.7 Å². The molecular weight excluding hydrogens is 284 g/mol. The molecular formula is C14H16N6O2. The van der Waals surface area contributed by atoms with Gasteiger partial charge in [-0.15, -0.1) is 0 Å². The van der Waals surface area contributed by atoms with E-state index in [9.17, 15) is 4.79 Å². The van der Waals surface area contributed by atoms with E-state index >= 15 is 0 Å². The summed E-state index contributed by atoms with van der Waals surface area (Å²) in [6.45, 7) is 4.72. The van der Waals surface area contributed by atoms with Gasteiger partial charge in [0.15, 0.2) is 0 Å². The smallest absolute Gasteiger partial charge is 0.415 e. The largest absolute Gasteiger partial charge is 0.447 e. The van der Waals surface area contributed by atoms with Gasteiger partial charge in [-0.05, 0) is 25.5 Å². The lowest BCUT2D eigenvalue weighted by atomic mass is 10.3. The fourth-order valence-corrected chi connectivity index (χ4v) is 2.05. The zero-order valence-electron chi connectivity index (χ0n) is 12.4. The molecule has 8 nitrogen and oxygen atoms in total. The van der Waals surface area contributed by atoms with Gasteiger partial charge in [-0.1, -0.05) is 0 Å². The Kier molecular flexibility index (Phi) is 3.82. The maximum atomic E-state index is 11.6. The van der Waals surface area contributed by atoms with Crippen LogP contribution in [0.3, 0.4) is 0 Å². The van der Waals surface area contributed by atoms with Crippen molar-refractivity contribution in [3.05, 3.63) is 36.0 Å². The van der Waals surface area contributed by atoms with E-state index in [1.165, 1.54) is 4.90 Å². The Morgan fingerprint density at radius 3 is 2.77 bits per heavy atom. The molecule has 0 radical (unpaired) electrons. The molecule has 22 heavy (non-hydrogen) atoms. The molecule has 0 saturated carbocycles. The number of carbonyl (C=O) groups is 1. The highest BCUT2D eigenvalue weighted by molar-refractivity contribution is 5.88. The maximum absolute atomic E-state index is 11.6. The number of aryl methyl sites for hydroxylation is 1. The molecule has 3 rings (SSSR count). The number of hydrogen-bond donors (Lipinski definition) is 1. The summed E-state index contributed by atoms with van der Waals surface area (Å²) in [5, 5.41) is 3.13. The van der Waals surface area contributed by atoms with Crippen LogP contribution in [0.2, 0.25) is 0 Å². The van der Waals surface area contributed by atoms with Crippen LogP contribution in [0.1, 0.15) is 24.4 Å². The standard InChI is InChI=1S/C14H16N6O2/c1-9-7-16-12(17-8-9)10(2)18-13-15-4-3-11(19-13)20-5-6-22-14(20)21/h3-4,7-8,10H,5-6H2,1-2H3,(H,15,18,19)/t10-/m0/s1. The summed E-state index contributed by atoms with van der Waals surface area (Å²) in [5.74, 6) is 1.58. The van der Waals surface area contributed by atoms with Gasteiger partial charge in [0.1, 0.15) is 18.2 Å². The number of rotatable bonds is 4. The van der Waals surface area contributed by atoms with Gasteiger partial charge in [0.05, 0.1) is 12.6 Å². The molecule has 0 aromatic carbocycles. The van der Waals surface area contributed by atoms with Crippen LogP contribution in [-0.4, -0.2) is 39.2 Å². The fraction of sp³-hybridized carbons (Fsp3) is 0.357. The fourth-order valence-electron chi connectivity index (χ4n) is 2.05. The van der Waals surface area contributed by atoms with E-state index in [4.69, 9.17) is 4.74 Å². The first-order valence-corrected chi connectivity index (χ1v) is 6.96. The molecule has 1 fully saturated rings. The van der Waals surface area contributed by atoms with Crippen LogP contribution in [0.4, 0.5) is 16.6 Å². The zero-order valence-corrected chi connectivity index (χ0v) is 12.4. The minimum atomic E-state index is -0.389. The van der Waals surface area contributed by atoms with Crippen molar-refractivity contribution < 1.29 is 9.53 Å². The molecule has 114 valence electrons. The number of ether oxygens (including phenoxy) is 1. The van der Waals surface area contributed by atoms with E-state index in [-0.39, 0.29) is 12.1 Å². The van der Waals surface area contributed by atoms with Gasteiger partial charge in [-0.25, -0.2) is 19.7 Å². The average molecular weight is 300 g/mol. The van der Waals surface area contributed by atoms with Gasteiger partial charge in [0, 0.05) is 18.6 Å². The first kappa shape index (κ1) is 14.2. The summed E-state index contributed by atoms with van der Waals surface area (Å²) in [4.78, 5) is 30.1. The normalized spacial score (nSPS) is 15.5. The summed E-state index contributed by atoms with van der Waals surface area (Å²) in [7, 11) is 0. The number of hydrogen-bond acceptors (Lipinski definition) is 7. The second-order valence-electron chi connectivity index (χ2n) is 4.99. The lowest BCUT2D eigenvalue weighted by Gasteiger charge is -2.15. The molecule has 1 aliphatic heterocycles. The second-order valence-corrected chi connectivity index (χ2v) is 4.99. The lowest BCUT2D eigenvalue weighted by molar-refractivity contribution is 0.181. The Hall–Kier alpha value is -2.77. The van der Waals surface area contributed by atoms with Crippen molar-refractivity contribution in [1.82, 2.24) is 19.9 Å². The van der Waals surface area contributed by atoms with Crippen LogP contribution in [-0.2, 0) is 4.74 Å². The number of amides is 1. The van der Waals surface area contributed by atoms with Crippen molar-refractivity contribution in [3.63, 3.8) is 0 Å². The Morgan fingerprint density at radius 2 is 2.09 bits per heavy atom. The highest BCUT2D eigenvalue weighted by Crippen LogP contribution is 2.18. The van der Waals surface area contributed by atoms with Crippen molar-refractivity contribution >= 4 is 17.9 Å². The molecule has 1 aliphatic rings. The van der Waals surface area contributed by atoms with Crippen molar-refractivity contribution in [3.8, 4) is 0 Å². The zero-order chi connectivity index (χ0) is 15.5. The number of nitrogens with one attached hydrogen (secondary N) is 1. The molecule has 1 atom stereocenters. The van der Waals surface area contributed by atoms with Gasteiger partial charge in [-0.2, -0.15) is 4.98 Å². The van der Waals surface area contributed by atoms with Crippen LogP contribution >= 0.6 is 0 Å². The highest BCUT2D eigenvalue weighted by Gasteiger charge is 2.25. The van der Waals surface area contributed by atoms with E-state index < -0.39 is 0 Å². The third kappa shape index (κ3) is 2.95. The van der Waals surface area contributed by atoms with Gasteiger partial charge in [0.2, 0.25) is 5.95 Å². The first-order chi connectivity index (χ1) is 10.6. The predicted molar refractivity (Wildman–Crippen MR) is 79.5 cm³/mol. The third-order valence-electron chi connectivity index (χ3n) is 3.21. The minimum absolute atomic E-state index is 0.152. The van der Waals surface area contributed by atoms with E-state index in [1.807, 2.05) is 13.8 Å². The van der Waals surface area contributed by atoms with Crippen LogP contribution < -0.4 is 10.2 Å². The molecule has 1 saturated heterocycles. The SMILES string of the molecule is Cc1cnc([C@H](C)Nc2nccc(N3CCOC3=O)n2)nc1.